The van der Waals surface area contributed by atoms with Crippen molar-refractivity contribution in [1.82, 2.24) is 9.80 Å². The van der Waals surface area contributed by atoms with Gasteiger partial charge in [0.25, 0.3) is 0 Å². The van der Waals surface area contributed by atoms with Gasteiger partial charge in [0.05, 0.1) is 4.90 Å². The molecule has 1 fully saturated rings. The summed E-state index contributed by atoms with van der Waals surface area (Å²) in [5.41, 5.74) is 0.737. The molecule has 4 nitrogen and oxygen atoms in total. The highest BCUT2D eigenvalue weighted by molar-refractivity contribution is 8.20. The van der Waals surface area contributed by atoms with Crippen LogP contribution in [0.2, 0.25) is 0 Å². The number of hydrogen-bond acceptors (Lipinski definition) is 2. The fourth-order valence-corrected chi connectivity index (χ4v) is 4.86. The minimum atomic E-state index is -5.60. The Balaban J connectivity index is 1.77. The topological polar surface area (TPSA) is 35.6 Å². The zero-order valence-corrected chi connectivity index (χ0v) is 19.8. The summed E-state index contributed by atoms with van der Waals surface area (Å²) < 4.78 is 53.3. The van der Waals surface area contributed by atoms with E-state index in [1.54, 1.807) is 4.90 Å². The van der Waals surface area contributed by atoms with E-state index < -0.39 is 27.9 Å². The average Bonchev–Trinajstić information content (AvgIpc) is 2.77. The van der Waals surface area contributed by atoms with Crippen LogP contribution in [0.25, 0.3) is 0 Å². The van der Waals surface area contributed by atoms with E-state index in [1.807, 2.05) is 30.3 Å². The summed E-state index contributed by atoms with van der Waals surface area (Å²) >= 11 is -5.60. The Labute approximate surface area is 195 Å². The first-order chi connectivity index (χ1) is 15.7. The molecule has 1 N–H and O–H groups in total. The largest absolute Gasteiger partial charge is 0.322 e. The van der Waals surface area contributed by atoms with Gasteiger partial charge in [-0.15, -0.1) is 11.7 Å². The van der Waals surface area contributed by atoms with Crippen molar-refractivity contribution in [1.29, 1.82) is 0 Å². The molecule has 2 aromatic rings. The molecule has 33 heavy (non-hydrogen) atoms. The molecular weight excluding hydrogens is 454 g/mol. The maximum Gasteiger partial charge on any atom is 0.322 e. The van der Waals surface area contributed by atoms with Gasteiger partial charge in [-0.1, -0.05) is 43.7 Å². The number of piperidine rings is 1. The van der Waals surface area contributed by atoms with E-state index in [1.165, 1.54) is 0 Å². The number of likely N-dealkylation sites (tertiary alicyclic amines) is 1. The Morgan fingerprint density at radius 2 is 1.82 bits per heavy atom. The minimum Gasteiger partial charge on any atom is -0.317 e. The zero-order chi connectivity index (χ0) is 24.0. The monoisotopic (exact) mass is 485 g/mol. The Morgan fingerprint density at radius 3 is 2.42 bits per heavy atom. The van der Waals surface area contributed by atoms with Crippen molar-refractivity contribution in [3.05, 3.63) is 59.9 Å². The molecule has 1 aliphatic heterocycles. The fraction of sp³-hybridized carbons (Fsp3) is 0.458. The molecule has 0 aromatic heterocycles. The van der Waals surface area contributed by atoms with Gasteiger partial charge < -0.3 is 15.1 Å². The first kappa shape index (κ1) is 25.4. The van der Waals surface area contributed by atoms with Gasteiger partial charge >= 0.3 is 6.03 Å². The van der Waals surface area contributed by atoms with Crippen LogP contribution in [-0.2, 0) is 6.54 Å². The van der Waals surface area contributed by atoms with Crippen LogP contribution < -0.4 is 5.32 Å². The van der Waals surface area contributed by atoms with Crippen LogP contribution in [0.3, 0.4) is 0 Å². The number of hydrogen-bond donors (Lipinski definition) is 1. The lowest BCUT2D eigenvalue weighted by Crippen LogP contribution is -2.50. The van der Waals surface area contributed by atoms with Crippen LogP contribution in [-0.4, -0.2) is 41.0 Å². The van der Waals surface area contributed by atoms with Crippen molar-refractivity contribution < 1.29 is 20.8 Å². The minimum absolute atomic E-state index is 0.0587. The third-order valence-corrected chi connectivity index (χ3v) is 6.89. The molecule has 2 aromatic carbocycles. The lowest BCUT2D eigenvalue weighted by atomic mass is 10.00. The van der Waals surface area contributed by atoms with Gasteiger partial charge in [-0.05, 0) is 49.9 Å². The average molecular weight is 486 g/mol. The number of rotatable bonds is 8. The van der Waals surface area contributed by atoms with Crippen LogP contribution in [0.4, 0.5) is 26.5 Å². The predicted molar refractivity (Wildman–Crippen MR) is 126 cm³/mol. The summed E-state index contributed by atoms with van der Waals surface area (Å²) in [5.74, 6) is -1.03. The van der Waals surface area contributed by atoms with E-state index in [4.69, 9.17) is 0 Å². The number of urea groups is 1. The molecule has 1 saturated heterocycles. The molecule has 0 aliphatic carbocycles. The second kappa shape index (κ2) is 11.2. The third-order valence-electron chi connectivity index (χ3n) is 6.12. The zero-order valence-electron chi connectivity index (χ0n) is 18.9. The van der Waals surface area contributed by atoms with Crippen LogP contribution in [0.15, 0.2) is 53.4 Å². The highest BCUT2D eigenvalue weighted by atomic mass is 32.3. The molecule has 0 spiro atoms. The van der Waals surface area contributed by atoms with E-state index >= 15 is 0 Å². The Hall–Kier alpha value is -2.26. The summed E-state index contributed by atoms with van der Waals surface area (Å²) in [6, 6.07) is 11.5. The van der Waals surface area contributed by atoms with E-state index in [9.17, 15) is 20.8 Å². The molecule has 1 aliphatic rings. The van der Waals surface area contributed by atoms with Gasteiger partial charge in [-0.25, -0.2) is 9.18 Å². The summed E-state index contributed by atoms with van der Waals surface area (Å²) in [7, 11) is 0. The smallest absolute Gasteiger partial charge is 0.317 e. The van der Waals surface area contributed by atoms with Gasteiger partial charge in [-0.2, -0.15) is 0 Å². The number of nitrogens with one attached hydrogen (secondary N) is 1. The Bertz CT molecular complexity index is 918. The second-order valence-corrected chi connectivity index (χ2v) is 9.81. The number of anilines is 1. The highest BCUT2D eigenvalue weighted by Crippen LogP contribution is 2.61. The van der Waals surface area contributed by atoms with Gasteiger partial charge in [0.2, 0.25) is 11.2 Å². The van der Waals surface area contributed by atoms with Gasteiger partial charge in [0.15, 0.2) is 0 Å². The molecular formula is C24H31F4N3OS. The molecule has 1 heterocycles. The van der Waals surface area contributed by atoms with Crippen molar-refractivity contribution in [3.63, 3.8) is 0 Å². The van der Waals surface area contributed by atoms with Gasteiger partial charge in [-0.3, -0.25) is 0 Å². The van der Waals surface area contributed by atoms with E-state index in [0.29, 0.717) is 18.7 Å². The number of amides is 2. The summed E-state index contributed by atoms with van der Waals surface area (Å²) in [6.45, 7) is 6.40. The van der Waals surface area contributed by atoms with Crippen LogP contribution >= 0.6 is 11.2 Å². The fourth-order valence-electron chi connectivity index (χ4n) is 4.35. The molecule has 0 saturated carbocycles. The standard InChI is InChI=1S/C24H31F4N3OS/c1-3-7-18(2)30-12-10-22(11-13-30)31(17-19-8-5-4-6-9-19)24(32)29-21-14-20(25)15-23(16-21)33(26,27)28/h4-6,8-9,14-16,18,22H,3,7,10-13,17H2,1-2H3,(H,29,32). The predicted octanol–water partition coefficient (Wildman–Crippen LogP) is 7.33. The van der Waals surface area contributed by atoms with Crippen LogP contribution in [0, 0.1) is 5.82 Å². The lowest BCUT2D eigenvalue weighted by Gasteiger charge is -2.40. The third kappa shape index (κ3) is 7.11. The van der Waals surface area contributed by atoms with Crippen molar-refractivity contribution >= 4 is 22.9 Å². The lowest BCUT2D eigenvalue weighted by molar-refractivity contribution is 0.0989. The molecule has 182 valence electrons. The molecule has 9 heteroatoms. The van der Waals surface area contributed by atoms with Gasteiger partial charge in [0.1, 0.15) is 5.82 Å². The quantitative estimate of drug-likeness (QED) is 0.397. The number of carbonyl (C=O) groups excluding carboxylic acids is 1. The first-order valence-electron chi connectivity index (χ1n) is 11.3. The van der Waals surface area contributed by atoms with Crippen LogP contribution in [0.1, 0.15) is 45.1 Å². The van der Waals surface area contributed by atoms with E-state index in [0.717, 1.165) is 56.5 Å². The van der Waals surface area contributed by atoms with Crippen LogP contribution in [0.5, 0.6) is 0 Å². The van der Waals surface area contributed by atoms with Crippen molar-refractivity contribution in [3.8, 4) is 0 Å². The molecule has 0 radical (unpaired) electrons. The van der Waals surface area contributed by atoms with Crippen molar-refractivity contribution in [2.45, 2.75) is 63.1 Å². The van der Waals surface area contributed by atoms with Crippen molar-refractivity contribution in [2.24, 2.45) is 0 Å². The molecule has 3 rings (SSSR count). The SMILES string of the molecule is CCCC(C)N1CCC(N(Cc2ccccc2)C(=O)Nc2cc(F)cc(S(F)(F)F)c2)CC1. The normalized spacial score (nSPS) is 16.9. The highest BCUT2D eigenvalue weighted by Gasteiger charge is 2.30. The Morgan fingerprint density at radius 1 is 1.15 bits per heavy atom. The second-order valence-electron chi connectivity index (χ2n) is 8.53. The Kier molecular flexibility index (Phi) is 8.64. The number of nitrogens with zero attached hydrogens (tertiary/aromatic N) is 2. The number of halogens is 4. The summed E-state index contributed by atoms with van der Waals surface area (Å²) in [4.78, 5) is 16.2. The maximum atomic E-state index is 13.8. The van der Waals surface area contributed by atoms with E-state index in [2.05, 4.69) is 24.1 Å². The number of carbonyl (C=O) groups is 1. The molecule has 1 unspecified atom stereocenters. The van der Waals surface area contributed by atoms with Crippen molar-refractivity contribution in [2.75, 3.05) is 18.4 Å². The summed E-state index contributed by atoms with van der Waals surface area (Å²) in [6.07, 6.45) is 3.77. The van der Waals surface area contributed by atoms with Gasteiger partial charge in [0, 0.05) is 37.4 Å². The maximum absolute atomic E-state index is 13.8. The molecule has 2 amide bonds. The van der Waals surface area contributed by atoms with E-state index in [-0.39, 0.29) is 11.7 Å². The molecule has 1 atom stereocenters. The summed E-state index contributed by atoms with van der Waals surface area (Å²) in [5, 5.41) is 2.51. The molecule has 0 bridgehead atoms. The first-order valence-corrected chi connectivity index (χ1v) is 12.6. The number of benzene rings is 2.